The topological polar surface area (TPSA) is 67.5 Å². The molecule has 0 heterocycles. The molecule has 0 radical (unpaired) electrons. The Morgan fingerprint density at radius 2 is 2.06 bits per heavy atom. The van der Waals surface area contributed by atoms with E-state index in [2.05, 4.69) is 13.8 Å². The molecule has 0 saturated heterocycles. The fourth-order valence-electron chi connectivity index (χ4n) is 1.37. The van der Waals surface area contributed by atoms with E-state index >= 15 is 0 Å². The van der Waals surface area contributed by atoms with Gasteiger partial charge in [0.05, 0.1) is 0 Å². The van der Waals surface area contributed by atoms with Crippen LogP contribution >= 0.6 is 0 Å². The van der Waals surface area contributed by atoms with Gasteiger partial charge >= 0.3 is 0 Å². The Morgan fingerprint density at radius 3 is 2.53 bits per heavy atom. The van der Waals surface area contributed by atoms with Crippen molar-refractivity contribution in [1.29, 1.82) is 0 Å². The lowest BCUT2D eigenvalue weighted by Crippen LogP contribution is -3.17. The summed E-state index contributed by atoms with van der Waals surface area (Å²) in [6.45, 7) is 4.01. The monoisotopic (exact) mass is 243 g/mol. The zero-order valence-corrected chi connectivity index (χ0v) is 10.8. The van der Waals surface area contributed by atoms with Crippen LogP contribution in [0.5, 0.6) is 0 Å². The van der Waals surface area contributed by atoms with E-state index in [9.17, 15) is 10.4 Å². The van der Waals surface area contributed by atoms with Crippen LogP contribution in [0.4, 0.5) is 0 Å². The molecule has 2 N–H and O–H groups in total. The predicted octanol–water partition coefficient (Wildman–Crippen LogP) is -1.01. The maximum atomic E-state index is 11.7. The van der Waals surface area contributed by atoms with E-state index in [0.29, 0.717) is 5.70 Å². The third kappa shape index (κ3) is 4.55. The van der Waals surface area contributed by atoms with Crippen molar-refractivity contribution in [2.45, 2.75) is 20.3 Å². The fraction of sp³-hybridized carbons (Fsp3) is 0.636. The third-order valence-corrected chi connectivity index (χ3v) is 2.58. The van der Waals surface area contributed by atoms with Gasteiger partial charge in [-0.2, -0.15) is 0 Å². The number of nitrogens with one attached hydrogen (secondary N) is 2. The zero-order chi connectivity index (χ0) is 13.1. The second-order valence-electron chi connectivity index (χ2n) is 5.06. The fourth-order valence-corrected chi connectivity index (χ4v) is 1.37. The van der Waals surface area contributed by atoms with E-state index < -0.39 is 5.34 Å². The summed E-state index contributed by atoms with van der Waals surface area (Å²) in [6.07, 6.45) is 6.53. The third-order valence-electron chi connectivity index (χ3n) is 2.58. The maximum Gasteiger partial charge on any atom is 0.241 e. The average Bonchev–Trinajstić information content (AvgIpc) is 2.25. The average molecular weight is 243 g/mol. The molecule has 0 aromatic carbocycles. The van der Waals surface area contributed by atoms with Crippen LogP contribution in [0.1, 0.15) is 20.3 Å². The van der Waals surface area contributed by atoms with E-state index in [1.54, 1.807) is 20.2 Å². The van der Waals surface area contributed by atoms with Crippen molar-refractivity contribution < 1.29 is 15.2 Å². The van der Waals surface area contributed by atoms with Crippen molar-refractivity contribution in [3.05, 3.63) is 34.3 Å². The van der Waals surface area contributed by atoms with Crippen LogP contribution in [0, 0.1) is 15.8 Å². The van der Waals surface area contributed by atoms with E-state index in [1.807, 2.05) is 12.2 Å². The highest BCUT2D eigenvalue weighted by atomic mass is 16.9. The van der Waals surface area contributed by atoms with Gasteiger partial charge in [0.1, 0.15) is 5.70 Å². The molecular formula is C11H21N3O3. The molecule has 0 fully saturated rings. The number of quaternary nitrogens is 2. The number of rotatable bonds is 5. The van der Waals surface area contributed by atoms with E-state index in [-0.39, 0.29) is 17.2 Å². The second kappa shape index (κ2) is 5.72. The van der Waals surface area contributed by atoms with Crippen LogP contribution in [-0.2, 0) is 4.84 Å². The van der Waals surface area contributed by atoms with Gasteiger partial charge in [0.25, 0.3) is 0 Å². The lowest BCUT2D eigenvalue weighted by atomic mass is 9.85. The van der Waals surface area contributed by atoms with Gasteiger partial charge in [-0.1, -0.05) is 19.9 Å². The summed E-state index contributed by atoms with van der Waals surface area (Å²) in [5.41, 5.74) is 0.722. The van der Waals surface area contributed by atoms with Gasteiger partial charge in [0.2, 0.25) is 6.73 Å². The first kappa shape index (κ1) is 14.3. The quantitative estimate of drug-likeness (QED) is 0.479. The molecule has 2 unspecified atom stereocenters. The molecule has 0 spiro atoms. The Balaban J connectivity index is 2.42. The summed E-state index contributed by atoms with van der Waals surface area (Å²) in [4.78, 5) is 4.83. The van der Waals surface area contributed by atoms with Crippen molar-refractivity contribution >= 4 is 0 Å². The smallest absolute Gasteiger partial charge is 0.241 e. The van der Waals surface area contributed by atoms with Gasteiger partial charge < -0.3 is 15.5 Å². The zero-order valence-electron chi connectivity index (χ0n) is 10.8. The SMILES string of the molecule is CN(C)[NH+]([O-])OC[NH+]([O-])C1=CCC(C)(C)C=C1. The van der Waals surface area contributed by atoms with Crippen molar-refractivity contribution in [2.75, 3.05) is 20.8 Å². The summed E-state index contributed by atoms with van der Waals surface area (Å²) in [6, 6.07) is 0. The van der Waals surface area contributed by atoms with Crippen LogP contribution in [-0.4, -0.2) is 25.8 Å². The lowest BCUT2D eigenvalue weighted by molar-refractivity contribution is -1.16. The summed E-state index contributed by atoms with van der Waals surface area (Å²) in [5.74, 6) is 0. The predicted molar refractivity (Wildman–Crippen MR) is 63.9 cm³/mol. The lowest BCUT2D eigenvalue weighted by Gasteiger charge is -2.30. The molecule has 98 valence electrons. The molecule has 17 heavy (non-hydrogen) atoms. The van der Waals surface area contributed by atoms with Gasteiger partial charge in [-0.25, -0.2) is 0 Å². The van der Waals surface area contributed by atoms with Crippen molar-refractivity contribution in [1.82, 2.24) is 5.01 Å². The Labute approximate surface area is 102 Å². The minimum atomic E-state index is -0.501. The van der Waals surface area contributed by atoms with Crippen molar-refractivity contribution in [3.8, 4) is 0 Å². The summed E-state index contributed by atoms with van der Waals surface area (Å²) in [7, 11) is 3.16. The number of nitrogens with zero attached hydrogens (tertiary/aromatic N) is 1. The Kier molecular flexibility index (Phi) is 4.81. The van der Waals surface area contributed by atoms with Crippen molar-refractivity contribution in [2.24, 2.45) is 5.41 Å². The molecule has 0 saturated carbocycles. The maximum absolute atomic E-state index is 11.7. The molecule has 0 bridgehead atoms. The van der Waals surface area contributed by atoms with E-state index in [1.165, 1.54) is 5.01 Å². The largest absolute Gasteiger partial charge is 0.627 e. The molecule has 1 rings (SSSR count). The van der Waals surface area contributed by atoms with E-state index in [4.69, 9.17) is 4.84 Å². The highest BCUT2D eigenvalue weighted by Gasteiger charge is 2.19. The number of allylic oxidation sites excluding steroid dienone is 3. The summed E-state index contributed by atoms with van der Waals surface area (Å²) < 4.78 is 0. The number of hydrogen-bond donors (Lipinski definition) is 2. The van der Waals surface area contributed by atoms with Crippen LogP contribution in [0.2, 0.25) is 0 Å². The molecule has 2 atom stereocenters. The number of hydroxylamine groups is 2. The second-order valence-corrected chi connectivity index (χ2v) is 5.06. The highest BCUT2D eigenvalue weighted by molar-refractivity contribution is 5.19. The van der Waals surface area contributed by atoms with Gasteiger partial charge in [-0.15, -0.1) is 15.2 Å². The Morgan fingerprint density at radius 1 is 1.41 bits per heavy atom. The highest BCUT2D eigenvalue weighted by Crippen LogP contribution is 2.26. The first-order valence-electron chi connectivity index (χ1n) is 5.58. The van der Waals surface area contributed by atoms with Gasteiger partial charge in [0.15, 0.2) is 0 Å². The van der Waals surface area contributed by atoms with E-state index in [0.717, 1.165) is 6.42 Å². The molecule has 0 aromatic heterocycles. The van der Waals surface area contributed by atoms with Gasteiger partial charge in [-0.3, -0.25) is 0 Å². The molecule has 6 heteroatoms. The molecule has 1 aliphatic carbocycles. The molecule has 0 amide bonds. The minimum Gasteiger partial charge on any atom is -0.627 e. The first-order chi connectivity index (χ1) is 7.82. The normalized spacial score (nSPS) is 22.4. The van der Waals surface area contributed by atoms with Gasteiger partial charge in [0, 0.05) is 14.1 Å². The first-order valence-corrected chi connectivity index (χ1v) is 5.58. The van der Waals surface area contributed by atoms with Crippen LogP contribution in [0.3, 0.4) is 0 Å². The molecule has 6 nitrogen and oxygen atoms in total. The van der Waals surface area contributed by atoms with Crippen LogP contribution in [0.15, 0.2) is 23.9 Å². The minimum absolute atomic E-state index is 0.101. The van der Waals surface area contributed by atoms with Crippen molar-refractivity contribution in [3.63, 3.8) is 0 Å². The summed E-state index contributed by atoms with van der Waals surface area (Å²) >= 11 is 0. The molecule has 0 aromatic rings. The van der Waals surface area contributed by atoms with Crippen LogP contribution in [0.25, 0.3) is 0 Å². The molecule has 0 aliphatic heterocycles. The Hall–Kier alpha value is -0.760. The standard InChI is InChI=1S/C11H21N3O3/c1-11(2)7-5-10(6-8-11)13(15)9-17-14(16)12(3)4/h5-7,13-14H,8-9H2,1-4H3. The van der Waals surface area contributed by atoms with Crippen LogP contribution < -0.4 is 10.4 Å². The molecular weight excluding hydrogens is 222 g/mol. The van der Waals surface area contributed by atoms with Gasteiger partial charge in [-0.05, 0) is 24.0 Å². The number of hydrogen-bond acceptors (Lipinski definition) is 4. The summed E-state index contributed by atoms with van der Waals surface area (Å²) in [5, 5.41) is 23.5. The Bertz CT molecular complexity index is 313. The molecule has 1 aliphatic rings.